The number of benzene rings is 3. The van der Waals surface area contributed by atoms with Crippen molar-refractivity contribution < 1.29 is 23.6 Å². The second-order valence-electron chi connectivity index (χ2n) is 8.34. The lowest BCUT2D eigenvalue weighted by molar-refractivity contribution is -0.384. The number of rotatable bonds is 7. The highest BCUT2D eigenvalue weighted by Crippen LogP contribution is 2.25. The zero-order valence-corrected chi connectivity index (χ0v) is 20.3. The van der Waals surface area contributed by atoms with Crippen molar-refractivity contribution in [1.82, 2.24) is 4.57 Å². The van der Waals surface area contributed by atoms with E-state index in [1.165, 1.54) is 42.5 Å². The maximum atomic E-state index is 14.4. The normalized spacial score (nSPS) is 11.1. The first-order valence-corrected chi connectivity index (χ1v) is 11.4. The first-order valence-electron chi connectivity index (χ1n) is 11.4. The Balaban J connectivity index is 1.55. The summed E-state index contributed by atoms with van der Waals surface area (Å²) in [7, 11) is 0. The van der Waals surface area contributed by atoms with Crippen molar-refractivity contribution >= 4 is 23.5 Å². The first-order chi connectivity index (χ1) is 18.2. The molecule has 0 spiro atoms. The molecule has 4 rings (SSSR count). The van der Waals surface area contributed by atoms with Gasteiger partial charge in [-0.25, -0.2) is 9.18 Å². The van der Waals surface area contributed by atoms with Crippen LogP contribution >= 0.6 is 0 Å². The molecular weight excluding hydrogens is 489 g/mol. The fourth-order valence-electron chi connectivity index (χ4n) is 4.00. The van der Waals surface area contributed by atoms with E-state index in [4.69, 9.17) is 4.74 Å². The molecule has 38 heavy (non-hydrogen) atoms. The van der Waals surface area contributed by atoms with Gasteiger partial charge in [0, 0.05) is 29.1 Å². The van der Waals surface area contributed by atoms with E-state index in [9.17, 15) is 29.4 Å². The molecule has 0 unspecified atom stereocenters. The van der Waals surface area contributed by atoms with Crippen LogP contribution in [0.4, 0.5) is 10.1 Å². The van der Waals surface area contributed by atoms with Crippen molar-refractivity contribution in [2.45, 2.75) is 13.8 Å². The van der Waals surface area contributed by atoms with E-state index in [0.29, 0.717) is 22.6 Å². The van der Waals surface area contributed by atoms with Crippen LogP contribution in [0, 0.1) is 41.1 Å². The lowest BCUT2D eigenvalue weighted by atomic mass is 10.0. The predicted octanol–water partition coefficient (Wildman–Crippen LogP) is 6.15. The second kappa shape index (κ2) is 10.7. The number of non-ortho nitro benzene ring substituents is 1. The lowest BCUT2D eigenvalue weighted by Crippen LogP contribution is -2.08. The largest absolute Gasteiger partial charge is 0.423 e. The van der Waals surface area contributed by atoms with E-state index < -0.39 is 22.5 Å². The van der Waals surface area contributed by atoms with Crippen LogP contribution < -0.4 is 4.74 Å². The molecule has 0 N–H and O–H groups in total. The minimum atomic E-state index is -0.768. The third-order valence-corrected chi connectivity index (χ3v) is 5.83. The molecule has 4 aromatic rings. The third-order valence-electron chi connectivity index (χ3n) is 5.83. The number of nitro benzene ring substituents is 1. The fourth-order valence-corrected chi connectivity index (χ4v) is 4.00. The number of ether oxygens (including phenoxy) is 1. The van der Waals surface area contributed by atoms with Crippen LogP contribution in [0.15, 0.2) is 84.4 Å². The minimum Gasteiger partial charge on any atom is -0.423 e. The van der Waals surface area contributed by atoms with Crippen molar-refractivity contribution in [3.63, 3.8) is 0 Å². The zero-order valence-electron chi connectivity index (χ0n) is 20.3. The van der Waals surface area contributed by atoms with Gasteiger partial charge in [0.1, 0.15) is 23.2 Å². The number of nitro groups is 1. The van der Waals surface area contributed by atoms with Crippen LogP contribution in [-0.4, -0.2) is 21.2 Å². The number of hydrogen-bond acceptors (Lipinski definition) is 6. The molecule has 0 saturated carbocycles. The standard InChI is InChI=1S/C29H20FN3O5/c1-18-14-25(19(2)32(18)27-9-4-3-8-26(27)30)28(34)22(17-31)15-20-10-12-24(13-11-20)38-29(35)21-6-5-7-23(16-21)33(36)37/h3-16H,1-2H3/b22-15-. The minimum absolute atomic E-state index is 0.0218. The number of carbonyl (C=O) groups excluding carboxylic acids is 2. The number of nitriles is 1. The van der Waals surface area contributed by atoms with Gasteiger partial charge in [0.05, 0.1) is 16.2 Å². The molecule has 0 atom stereocenters. The Bertz CT molecular complexity index is 1650. The highest BCUT2D eigenvalue weighted by Gasteiger charge is 2.21. The number of hydrogen-bond donors (Lipinski definition) is 0. The van der Waals surface area contributed by atoms with E-state index in [1.807, 2.05) is 6.07 Å². The Labute approximate surface area is 217 Å². The summed E-state index contributed by atoms with van der Waals surface area (Å²) in [6, 6.07) is 21.0. The summed E-state index contributed by atoms with van der Waals surface area (Å²) in [6.45, 7) is 3.44. The Kier molecular flexibility index (Phi) is 7.26. The quantitative estimate of drug-likeness (QED) is 0.0561. The van der Waals surface area contributed by atoms with Gasteiger partial charge >= 0.3 is 5.97 Å². The molecule has 0 bridgehead atoms. The van der Waals surface area contributed by atoms with Gasteiger partial charge in [-0.05, 0) is 61.9 Å². The number of ketones is 1. The van der Waals surface area contributed by atoms with E-state index in [-0.39, 0.29) is 28.1 Å². The molecular formula is C29H20FN3O5. The average molecular weight is 509 g/mol. The molecule has 9 heteroatoms. The van der Waals surface area contributed by atoms with Crippen molar-refractivity contribution in [3.05, 3.63) is 128 Å². The molecule has 0 aliphatic carbocycles. The number of Topliss-reactive ketones (excluding diaryl/α,β-unsaturated/α-hetero) is 1. The number of aryl methyl sites for hydroxylation is 1. The number of aromatic nitrogens is 1. The molecule has 188 valence electrons. The Morgan fingerprint density at radius 3 is 2.39 bits per heavy atom. The summed E-state index contributed by atoms with van der Waals surface area (Å²) >= 11 is 0. The van der Waals surface area contributed by atoms with Gasteiger partial charge in [-0.1, -0.05) is 30.3 Å². The van der Waals surface area contributed by atoms with Gasteiger partial charge in [-0.3, -0.25) is 14.9 Å². The van der Waals surface area contributed by atoms with Crippen LogP contribution in [0.1, 0.15) is 37.7 Å². The lowest BCUT2D eigenvalue weighted by Gasteiger charge is -2.10. The van der Waals surface area contributed by atoms with Crippen LogP contribution in [0.3, 0.4) is 0 Å². The van der Waals surface area contributed by atoms with Crippen molar-refractivity contribution in [1.29, 1.82) is 5.26 Å². The highest BCUT2D eigenvalue weighted by atomic mass is 19.1. The summed E-state index contributed by atoms with van der Waals surface area (Å²) in [6.07, 6.45) is 1.41. The van der Waals surface area contributed by atoms with Gasteiger partial charge in [0.25, 0.3) is 5.69 Å². The number of allylic oxidation sites excluding steroid dienone is 1. The predicted molar refractivity (Wildman–Crippen MR) is 138 cm³/mol. The number of carbonyl (C=O) groups is 2. The van der Waals surface area contributed by atoms with E-state index in [0.717, 1.165) is 6.07 Å². The van der Waals surface area contributed by atoms with Gasteiger partial charge in [-0.2, -0.15) is 5.26 Å². The van der Waals surface area contributed by atoms with Crippen LogP contribution in [0.5, 0.6) is 5.75 Å². The van der Waals surface area contributed by atoms with Gasteiger partial charge in [-0.15, -0.1) is 0 Å². The first kappa shape index (κ1) is 25.7. The van der Waals surface area contributed by atoms with E-state index in [1.54, 1.807) is 54.8 Å². The van der Waals surface area contributed by atoms with Crippen molar-refractivity contribution in [3.8, 4) is 17.5 Å². The smallest absolute Gasteiger partial charge is 0.343 e. The number of halogens is 1. The third kappa shape index (κ3) is 5.24. The molecule has 0 aliphatic heterocycles. The summed E-state index contributed by atoms with van der Waals surface area (Å²) in [5.41, 5.74) is 1.90. The SMILES string of the molecule is Cc1cc(C(=O)/C(C#N)=C\c2ccc(OC(=O)c3cccc([N+](=O)[O-])c3)cc2)c(C)n1-c1ccccc1F. The topological polar surface area (TPSA) is 115 Å². The summed E-state index contributed by atoms with van der Waals surface area (Å²) < 4.78 is 21.3. The Morgan fingerprint density at radius 2 is 1.74 bits per heavy atom. The Morgan fingerprint density at radius 1 is 1.03 bits per heavy atom. The molecule has 0 saturated heterocycles. The summed E-state index contributed by atoms with van der Waals surface area (Å²) in [5.74, 6) is -1.54. The van der Waals surface area contributed by atoms with Crippen molar-refractivity contribution in [2.75, 3.05) is 0 Å². The maximum Gasteiger partial charge on any atom is 0.343 e. The number of para-hydroxylation sites is 1. The van der Waals surface area contributed by atoms with Gasteiger partial charge < -0.3 is 9.30 Å². The molecule has 0 amide bonds. The molecule has 0 radical (unpaired) electrons. The molecule has 1 heterocycles. The number of nitrogens with zero attached hydrogens (tertiary/aromatic N) is 3. The maximum absolute atomic E-state index is 14.4. The van der Waals surface area contributed by atoms with Crippen molar-refractivity contribution in [2.24, 2.45) is 0 Å². The molecule has 3 aromatic carbocycles. The molecule has 0 fully saturated rings. The summed E-state index contributed by atoms with van der Waals surface area (Å²) in [4.78, 5) is 35.9. The summed E-state index contributed by atoms with van der Waals surface area (Å²) in [5, 5.41) is 20.6. The monoisotopic (exact) mass is 509 g/mol. The van der Waals surface area contributed by atoms with Crippen LogP contribution in [-0.2, 0) is 0 Å². The zero-order chi connectivity index (χ0) is 27.4. The van der Waals surface area contributed by atoms with Crippen LogP contribution in [0.2, 0.25) is 0 Å². The van der Waals surface area contributed by atoms with Crippen LogP contribution in [0.25, 0.3) is 11.8 Å². The molecule has 8 nitrogen and oxygen atoms in total. The highest BCUT2D eigenvalue weighted by molar-refractivity contribution is 6.14. The second-order valence-corrected chi connectivity index (χ2v) is 8.34. The fraction of sp³-hybridized carbons (Fsp3) is 0.0690. The molecule has 1 aromatic heterocycles. The van der Waals surface area contributed by atoms with Gasteiger partial charge in [0.15, 0.2) is 0 Å². The molecule has 0 aliphatic rings. The Hall–Kier alpha value is -5.36. The van der Waals surface area contributed by atoms with E-state index in [2.05, 4.69) is 0 Å². The number of esters is 1. The average Bonchev–Trinajstić information content (AvgIpc) is 3.21. The van der Waals surface area contributed by atoms with Gasteiger partial charge in [0.2, 0.25) is 5.78 Å². The van der Waals surface area contributed by atoms with E-state index >= 15 is 0 Å².